The van der Waals surface area contributed by atoms with Crippen molar-refractivity contribution in [1.29, 1.82) is 0 Å². The van der Waals surface area contributed by atoms with Crippen molar-refractivity contribution in [3.8, 4) is 38.9 Å². The van der Waals surface area contributed by atoms with E-state index in [1.165, 1.54) is 5.56 Å². The third-order valence-electron chi connectivity index (χ3n) is 4.99. The summed E-state index contributed by atoms with van der Waals surface area (Å²) in [6.45, 7) is 2.08. The SMILES string of the molecule is COc1cc(C=Nc2nc(-c3ccc(C)cc3)c(-c3ccccc3)s2)cc(OC)c1OC. The summed E-state index contributed by atoms with van der Waals surface area (Å²) in [5.41, 5.74) is 5.16. The van der Waals surface area contributed by atoms with Crippen LogP contribution < -0.4 is 14.2 Å². The fraction of sp³-hybridized carbons (Fsp3) is 0.154. The smallest absolute Gasteiger partial charge is 0.210 e. The molecule has 0 fully saturated rings. The van der Waals surface area contributed by atoms with Gasteiger partial charge < -0.3 is 14.2 Å². The molecule has 1 aromatic heterocycles. The molecule has 0 aliphatic carbocycles. The molecular weight excluding hydrogens is 420 g/mol. The Kier molecular flexibility index (Phi) is 6.52. The lowest BCUT2D eigenvalue weighted by atomic mass is 10.1. The largest absolute Gasteiger partial charge is 0.493 e. The minimum absolute atomic E-state index is 0.550. The van der Waals surface area contributed by atoms with Gasteiger partial charge in [-0.2, -0.15) is 0 Å². The van der Waals surface area contributed by atoms with E-state index >= 15 is 0 Å². The van der Waals surface area contributed by atoms with Crippen LogP contribution in [-0.2, 0) is 0 Å². The first-order valence-electron chi connectivity index (χ1n) is 10.1. The molecule has 5 nitrogen and oxygen atoms in total. The maximum Gasteiger partial charge on any atom is 0.210 e. The third-order valence-corrected chi connectivity index (χ3v) is 6.00. The highest BCUT2D eigenvalue weighted by Crippen LogP contribution is 2.41. The van der Waals surface area contributed by atoms with Gasteiger partial charge in [-0.05, 0) is 24.6 Å². The summed E-state index contributed by atoms with van der Waals surface area (Å²) in [5, 5.41) is 0.674. The van der Waals surface area contributed by atoms with E-state index in [1.807, 2.05) is 30.3 Å². The van der Waals surface area contributed by atoms with Crippen molar-refractivity contribution in [2.75, 3.05) is 21.3 Å². The van der Waals surface area contributed by atoms with Gasteiger partial charge in [0.2, 0.25) is 10.9 Å². The summed E-state index contributed by atoms with van der Waals surface area (Å²) in [5.74, 6) is 1.71. The van der Waals surface area contributed by atoms with Gasteiger partial charge in [0.25, 0.3) is 0 Å². The van der Waals surface area contributed by atoms with Gasteiger partial charge in [0.1, 0.15) is 0 Å². The monoisotopic (exact) mass is 444 g/mol. The molecule has 0 amide bonds. The minimum Gasteiger partial charge on any atom is -0.493 e. The van der Waals surface area contributed by atoms with E-state index in [0.717, 1.165) is 27.3 Å². The highest BCUT2D eigenvalue weighted by molar-refractivity contribution is 7.19. The first kappa shape index (κ1) is 21.6. The number of thiazole rings is 1. The first-order valence-corrected chi connectivity index (χ1v) is 10.9. The highest BCUT2D eigenvalue weighted by atomic mass is 32.1. The Hall–Kier alpha value is -3.64. The van der Waals surface area contributed by atoms with E-state index in [-0.39, 0.29) is 0 Å². The summed E-state index contributed by atoms with van der Waals surface area (Å²) >= 11 is 1.56. The number of hydrogen-bond donors (Lipinski definition) is 0. The van der Waals surface area contributed by atoms with Crippen molar-refractivity contribution in [3.05, 3.63) is 77.9 Å². The molecule has 0 unspecified atom stereocenters. The van der Waals surface area contributed by atoms with Crippen molar-refractivity contribution in [3.63, 3.8) is 0 Å². The fourth-order valence-electron chi connectivity index (χ4n) is 3.36. The summed E-state index contributed by atoms with van der Waals surface area (Å²) in [6.07, 6.45) is 1.76. The summed E-state index contributed by atoms with van der Waals surface area (Å²) in [7, 11) is 4.78. The van der Waals surface area contributed by atoms with E-state index in [9.17, 15) is 0 Å². The molecule has 1 heterocycles. The molecule has 0 aliphatic rings. The Morgan fingerprint density at radius 2 is 1.47 bits per heavy atom. The maximum absolute atomic E-state index is 5.44. The molecule has 3 aromatic carbocycles. The normalized spacial score (nSPS) is 11.0. The predicted molar refractivity (Wildman–Crippen MR) is 131 cm³/mol. The van der Waals surface area contributed by atoms with Gasteiger partial charge in [-0.15, -0.1) is 0 Å². The van der Waals surface area contributed by atoms with Crippen molar-refractivity contribution in [2.45, 2.75) is 6.92 Å². The Bertz CT molecular complexity index is 1210. The Morgan fingerprint density at radius 1 is 0.812 bits per heavy atom. The molecule has 4 aromatic rings. The van der Waals surface area contributed by atoms with E-state index in [0.29, 0.717) is 22.4 Å². The van der Waals surface area contributed by atoms with Crippen molar-refractivity contribution in [2.24, 2.45) is 4.99 Å². The van der Waals surface area contributed by atoms with Crippen LogP contribution in [-0.4, -0.2) is 32.5 Å². The third kappa shape index (κ3) is 4.50. The van der Waals surface area contributed by atoms with Crippen molar-refractivity contribution >= 4 is 22.7 Å². The summed E-state index contributed by atoms with van der Waals surface area (Å²) in [6, 6.07) is 22.4. The number of aromatic nitrogens is 1. The van der Waals surface area contributed by atoms with Crippen molar-refractivity contribution < 1.29 is 14.2 Å². The van der Waals surface area contributed by atoms with Gasteiger partial charge in [-0.1, -0.05) is 71.5 Å². The number of methoxy groups -OCH3 is 3. The van der Waals surface area contributed by atoms with E-state index in [4.69, 9.17) is 19.2 Å². The van der Waals surface area contributed by atoms with Crippen LogP contribution in [0.15, 0.2) is 71.7 Å². The fourth-order valence-corrected chi connectivity index (χ4v) is 4.30. The van der Waals surface area contributed by atoms with Crippen LogP contribution >= 0.6 is 11.3 Å². The maximum atomic E-state index is 5.44. The van der Waals surface area contributed by atoms with Gasteiger partial charge in [-0.25, -0.2) is 9.98 Å². The Labute approximate surface area is 192 Å². The number of hydrogen-bond acceptors (Lipinski definition) is 6. The molecule has 6 heteroatoms. The average molecular weight is 445 g/mol. The van der Waals surface area contributed by atoms with Gasteiger partial charge in [0, 0.05) is 17.3 Å². The van der Waals surface area contributed by atoms with Crippen LogP contribution in [0.3, 0.4) is 0 Å². The molecule has 4 rings (SSSR count). The zero-order valence-corrected chi connectivity index (χ0v) is 19.3. The number of aliphatic imine (C=N–C) groups is 1. The number of ether oxygens (including phenoxy) is 3. The van der Waals surface area contributed by atoms with Gasteiger partial charge in [0.15, 0.2) is 11.5 Å². The molecule has 162 valence electrons. The zero-order valence-electron chi connectivity index (χ0n) is 18.5. The molecule has 0 spiro atoms. The lowest BCUT2D eigenvalue weighted by Gasteiger charge is -2.12. The van der Waals surface area contributed by atoms with Crippen LogP contribution in [0.1, 0.15) is 11.1 Å². The predicted octanol–water partition coefficient (Wildman–Crippen LogP) is 6.56. The molecule has 0 saturated heterocycles. The lowest BCUT2D eigenvalue weighted by Crippen LogP contribution is -1.96. The average Bonchev–Trinajstić information content (AvgIpc) is 3.27. The Balaban J connectivity index is 1.75. The number of nitrogens with zero attached hydrogens (tertiary/aromatic N) is 2. The molecule has 0 N–H and O–H groups in total. The molecule has 0 aliphatic heterocycles. The minimum atomic E-state index is 0.550. The second-order valence-corrected chi connectivity index (χ2v) is 8.10. The zero-order chi connectivity index (χ0) is 22.5. The standard InChI is InChI=1S/C26H24N2O3S/c1-17-10-12-19(13-11-17)23-25(20-8-6-5-7-9-20)32-26(28-23)27-16-18-14-21(29-2)24(31-4)22(15-18)30-3/h5-16H,1-4H3. The molecule has 0 atom stereocenters. The van der Waals surface area contributed by atoms with Crippen LogP contribution in [0.4, 0.5) is 5.13 Å². The van der Waals surface area contributed by atoms with Crippen molar-refractivity contribution in [1.82, 2.24) is 4.98 Å². The van der Waals surface area contributed by atoms with Crippen LogP contribution in [0.2, 0.25) is 0 Å². The first-order chi connectivity index (χ1) is 15.6. The molecule has 0 bridgehead atoms. The number of rotatable bonds is 7. The van der Waals surface area contributed by atoms with E-state index in [2.05, 4.69) is 48.3 Å². The van der Waals surface area contributed by atoms with Gasteiger partial charge >= 0.3 is 0 Å². The van der Waals surface area contributed by atoms with Gasteiger partial charge in [0.05, 0.1) is 31.9 Å². The molecule has 0 saturated carbocycles. The topological polar surface area (TPSA) is 52.9 Å². The van der Waals surface area contributed by atoms with Crippen LogP contribution in [0.25, 0.3) is 21.7 Å². The highest BCUT2D eigenvalue weighted by Gasteiger charge is 2.15. The Morgan fingerprint density at radius 3 is 2.06 bits per heavy atom. The lowest BCUT2D eigenvalue weighted by molar-refractivity contribution is 0.324. The molecule has 32 heavy (non-hydrogen) atoms. The number of aryl methyl sites for hydroxylation is 1. The molecular formula is C26H24N2O3S. The summed E-state index contributed by atoms with van der Waals surface area (Å²) < 4.78 is 16.3. The van der Waals surface area contributed by atoms with Crippen LogP contribution in [0, 0.1) is 6.92 Å². The second-order valence-electron chi connectivity index (χ2n) is 7.12. The molecule has 0 radical (unpaired) electrons. The quantitative estimate of drug-likeness (QED) is 0.303. The summed E-state index contributed by atoms with van der Waals surface area (Å²) in [4.78, 5) is 10.6. The van der Waals surface area contributed by atoms with E-state index < -0.39 is 0 Å². The van der Waals surface area contributed by atoms with Crippen LogP contribution in [0.5, 0.6) is 17.2 Å². The van der Waals surface area contributed by atoms with Gasteiger partial charge in [-0.3, -0.25) is 0 Å². The number of benzene rings is 3. The second kappa shape index (κ2) is 9.66. The van der Waals surface area contributed by atoms with E-state index in [1.54, 1.807) is 38.9 Å².